The van der Waals surface area contributed by atoms with Crippen LogP contribution in [0.5, 0.6) is 0 Å². The summed E-state index contributed by atoms with van der Waals surface area (Å²) in [6.45, 7) is 8.08. The third kappa shape index (κ3) is 4.14. The van der Waals surface area contributed by atoms with Crippen molar-refractivity contribution < 1.29 is 9.90 Å². The van der Waals surface area contributed by atoms with Crippen LogP contribution in [0.15, 0.2) is 18.2 Å². The van der Waals surface area contributed by atoms with Gasteiger partial charge in [0.05, 0.1) is 5.25 Å². The maximum atomic E-state index is 12.3. The fourth-order valence-electron chi connectivity index (χ4n) is 1.66. The van der Waals surface area contributed by atoms with Crippen LogP contribution in [0.4, 0.5) is 0 Å². The van der Waals surface area contributed by atoms with Crippen LogP contribution < -0.4 is 0 Å². The molecular weight excluding hydrogens is 244 g/mol. The topological polar surface area (TPSA) is 37.3 Å². The highest BCUT2D eigenvalue weighted by Gasteiger charge is 2.18. The van der Waals surface area contributed by atoms with E-state index in [1.54, 1.807) is 11.8 Å². The molecule has 1 rings (SSSR count). The largest absolute Gasteiger partial charge is 0.396 e. The fraction of sp³-hybridized carbons (Fsp3) is 0.533. The number of Topliss-reactive ketones (excluding diaryl/α,β-unsaturated/α-hetero) is 1. The first-order valence-corrected chi connectivity index (χ1v) is 7.34. The van der Waals surface area contributed by atoms with E-state index in [2.05, 4.69) is 0 Å². The molecule has 0 aliphatic heterocycles. The summed E-state index contributed by atoms with van der Waals surface area (Å²) < 4.78 is 0. The quantitative estimate of drug-likeness (QED) is 0.803. The maximum Gasteiger partial charge on any atom is 0.175 e. The lowest BCUT2D eigenvalue weighted by atomic mass is 10.0. The lowest BCUT2D eigenvalue weighted by molar-refractivity contribution is 0.0993. The molecule has 18 heavy (non-hydrogen) atoms. The second-order valence-corrected chi connectivity index (χ2v) is 6.32. The van der Waals surface area contributed by atoms with Crippen molar-refractivity contribution in [1.82, 2.24) is 0 Å². The molecule has 2 atom stereocenters. The normalized spacial score (nSPS) is 14.3. The van der Waals surface area contributed by atoms with Crippen LogP contribution in [0.25, 0.3) is 0 Å². The first-order valence-electron chi connectivity index (χ1n) is 6.29. The highest BCUT2D eigenvalue weighted by atomic mass is 32.2. The first-order chi connectivity index (χ1) is 8.45. The predicted octanol–water partition coefficient (Wildman–Crippen LogP) is 3.24. The van der Waals surface area contributed by atoms with Gasteiger partial charge in [0.1, 0.15) is 0 Å². The van der Waals surface area contributed by atoms with E-state index >= 15 is 0 Å². The summed E-state index contributed by atoms with van der Waals surface area (Å²) in [6, 6.07) is 5.98. The minimum absolute atomic E-state index is 0.0560. The number of aliphatic hydroxyl groups is 1. The van der Waals surface area contributed by atoms with Gasteiger partial charge in [0.15, 0.2) is 5.78 Å². The highest BCUT2D eigenvalue weighted by Crippen LogP contribution is 2.21. The summed E-state index contributed by atoms with van der Waals surface area (Å²) in [5.41, 5.74) is 2.98. The van der Waals surface area contributed by atoms with Gasteiger partial charge in [-0.05, 0) is 44.1 Å². The molecule has 0 amide bonds. The fourth-order valence-corrected chi connectivity index (χ4v) is 2.66. The molecule has 0 spiro atoms. The maximum absolute atomic E-state index is 12.3. The lowest BCUT2D eigenvalue weighted by Crippen LogP contribution is -2.17. The van der Waals surface area contributed by atoms with Gasteiger partial charge in [0.2, 0.25) is 0 Å². The summed E-state index contributed by atoms with van der Waals surface area (Å²) in [5, 5.41) is 8.93. The molecule has 2 nitrogen and oxygen atoms in total. The van der Waals surface area contributed by atoms with E-state index in [1.165, 1.54) is 0 Å². The molecule has 1 aromatic rings. The Kier molecular flexibility index (Phi) is 5.89. The zero-order valence-corrected chi connectivity index (χ0v) is 12.4. The van der Waals surface area contributed by atoms with Crippen molar-refractivity contribution in [2.75, 3.05) is 12.4 Å². The van der Waals surface area contributed by atoms with E-state index in [0.29, 0.717) is 0 Å². The van der Waals surface area contributed by atoms with Gasteiger partial charge < -0.3 is 5.11 Å². The molecule has 100 valence electrons. The van der Waals surface area contributed by atoms with Gasteiger partial charge in [-0.2, -0.15) is 11.8 Å². The van der Waals surface area contributed by atoms with Crippen molar-refractivity contribution in [3.8, 4) is 0 Å². The second-order valence-electron chi connectivity index (χ2n) is 4.95. The summed E-state index contributed by atoms with van der Waals surface area (Å²) in [4.78, 5) is 12.3. The lowest BCUT2D eigenvalue weighted by Gasteiger charge is -2.14. The molecule has 0 aliphatic rings. The minimum Gasteiger partial charge on any atom is -0.396 e. The van der Waals surface area contributed by atoms with Crippen molar-refractivity contribution >= 4 is 17.5 Å². The molecule has 0 radical (unpaired) electrons. The van der Waals surface area contributed by atoms with Crippen LogP contribution in [0.3, 0.4) is 0 Å². The van der Waals surface area contributed by atoms with Gasteiger partial charge in [0, 0.05) is 12.2 Å². The van der Waals surface area contributed by atoms with Crippen molar-refractivity contribution in [2.45, 2.75) is 32.9 Å². The number of aliphatic hydroxyl groups excluding tert-OH is 1. The number of benzene rings is 1. The second kappa shape index (κ2) is 6.95. The van der Waals surface area contributed by atoms with E-state index in [-0.39, 0.29) is 23.6 Å². The van der Waals surface area contributed by atoms with Gasteiger partial charge in [0.25, 0.3) is 0 Å². The Morgan fingerprint density at radius 3 is 2.61 bits per heavy atom. The summed E-state index contributed by atoms with van der Waals surface area (Å²) in [7, 11) is 0. The van der Waals surface area contributed by atoms with Crippen LogP contribution in [-0.2, 0) is 0 Å². The summed E-state index contributed by atoms with van der Waals surface area (Å²) in [5.74, 6) is 1.24. The third-order valence-electron chi connectivity index (χ3n) is 2.97. The number of aryl methyl sites for hydroxylation is 2. The van der Waals surface area contributed by atoms with Crippen molar-refractivity contribution in [3.63, 3.8) is 0 Å². The summed E-state index contributed by atoms with van der Waals surface area (Å²) >= 11 is 1.62. The number of thioether (sulfide) groups is 1. The zero-order valence-electron chi connectivity index (χ0n) is 11.6. The number of hydrogen-bond acceptors (Lipinski definition) is 3. The van der Waals surface area contributed by atoms with Crippen LogP contribution >= 0.6 is 11.8 Å². The van der Waals surface area contributed by atoms with E-state index in [9.17, 15) is 4.79 Å². The van der Waals surface area contributed by atoms with E-state index in [1.807, 2.05) is 45.9 Å². The monoisotopic (exact) mass is 266 g/mol. The first kappa shape index (κ1) is 15.3. The van der Waals surface area contributed by atoms with E-state index in [0.717, 1.165) is 22.4 Å². The molecule has 0 bridgehead atoms. The van der Waals surface area contributed by atoms with Crippen molar-refractivity contribution in [1.29, 1.82) is 0 Å². The van der Waals surface area contributed by atoms with Gasteiger partial charge in [-0.15, -0.1) is 0 Å². The predicted molar refractivity (Wildman–Crippen MR) is 78.4 cm³/mol. The molecule has 0 aromatic heterocycles. The van der Waals surface area contributed by atoms with Crippen LogP contribution in [0, 0.1) is 19.8 Å². The molecule has 3 heteroatoms. The number of ketones is 1. The van der Waals surface area contributed by atoms with Gasteiger partial charge >= 0.3 is 0 Å². The Morgan fingerprint density at radius 2 is 2.00 bits per heavy atom. The molecule has 0 saturated heterocycles. The SMILES string of the molecule is Cc1ccc(C)c(C(=O)C(C)SCC(C)CO)c1. The number of carbonyl (C=O) groups is 1. The molecule has 0 saturated carbocycles. The van der Waals surface area contributed by atoms with Crippen LogP contribution in [0.2, 0.25) is 0 Å². The highest BCUT2D eigenvalue weighted by molar-refractivity contribution is 8.00. The standard InChI is InChI=1S/C15H22O2S/c1-10-5-6-12(3)14(7-10)15(17)13(4)18-9-11(2)8-16/h5-7,11,13,16H,8-9H2,1-4H3. The van der Waals surface area contributed by atoms with Crippen LogP contribution in [-0.4, -0.2) is 28.5 Å². The van der Waals surface area contributed by atoms with Crippen molar-refractivity contribution in [2.24, 2.45) is 5.92 Å². The van der Waals surface area contributed by atoms with Crippen LogP contribution in [0.1, 0.15) is 35.3 Å². The van der Waals surface area contributed by atoms with Gasteiger partial charge in [-0.1, -0.05) is 24.6 Å². The minimum atomic E-state index is -0.0560. The molecule has 0 fully saturated rings. The number of carbonyl (C=O) groups excluding carboxylic acids is 1. The number of hydrogen-bond donors (Lipinski definition) is 1. The summed E-state index contributed by atoms with van der Waals surface area (Å²) in [6.07, 6.45) is 0. The van der Waals surface area contributed by atoms with E-state index < -0.39 is 0 Å². The van der Waals surface area contributed by atoms with E-state index in [4.69, 9.17) is 5.11 Å². The number of rotatable bonds is 6. The van der Waals surface area contributed by atoms with Crippen molar-refractivity contribution in [3.05, 3.63) is 34.9 Å². The van der Waals surface area contributed by atoms with Gasteiger partial charge in [-0.25, -0.2) is 0 Å². The Hall–Kier alpha value is -0.800. The average Bonchev–Trinajstić information content (AvgIpc) is 2.37. The molecule has 1 aromatic carbocycles. The molecular formula is C15H22O2S. The molecule has 0 aliphatic carbocycles. The Labute approximate surface area is 114 Å². The average molecular weight is 266 g/mol. The Balaban J connectivity index is 2.71. The smallest absolute Gasteiger partial charge is 0.175 e. The third-order valence-corrected chi connectivity index (χ3v) is 4.45. The van der Waals surface area contributed by atoms with Gasteiger partial charge in [-0.3, -0.25) is 4.79 Å². The Bertz CT molecular complexity index is 415. The molecule has 0 heterocycles. The molecule has 2 unspecified atom stereocenters. The molecule has 1 N–H and O–H groups in total. The zero-order chi connectivity index (χ0) is 13.7. The Morgan fingerprint density at radius 1 is 1.33 bits per heavy atom.